The van der Waals surface area contributed by atoms with Crippen molar-refractivity contribution in [1.82, 2.24) is 3.97 Å². The van der Waals surface area contributed by atoms with E-state index in [1.165, 1.54) is 16.8 Å². The lowest BCUT2D eigenvalue weighted by Gasteiger charge is -2.20. The maximum absolute atomic E-state index is 4.39. The van der Waals surface area contributed by atoms with Crippen molar-refractivity contribution in [3.63, 3.8) is 0 Å². The summed E-state index contributed by atoms with van der Waals surface area (Å²) in [6.07, 6.45) is 3.21. The minimum atomic E-state index is 0.226. The fourth-order valence-corrected chi connectivity index (χ4v) is 2.19. The second kappa shape index (κ2) is 3.41. The molecule has 1 aromatic heterocycles. The number of nitrogens with zero attached hydrogens (tertiary/aromatic N) is 1. The third kappa shape index (κ3) is 1.93. The summed E-state index contributed by atoms with van der Waals surface area (Å²) >= 11 is 4.39. The zero-order valence-corrected chi connectivity index (χ0v) is 10.1. The van der Waals surface area contributed by atoms with Gasteiger partial charge in [-0.05, 0) is 29.9 Å². The molecule has 0 spiro atoms. The molecule has 0 radical (unpaired) electrons. The Kier molecular flexibility index (Phi) is 2.81. The SMILES string of the molecule is CCc1cn(S)c(C)c1C(C)(C)C. The second-order valence-corrected chi connectivity index (χ2v) is 4.99. The zero-order chi connectivity index (χ0) is 10.2. The van der Waals surface area contributed by atoms with Gasteiger partial charge < -0.3 is 0 Å². The van der Waals surface area contributed by atoms with Crippen LogP contribution in [0.5, 0.6) is 0 Å². The van der Waals surface area contributed by atoms with Gasteiger partial charge in [-0.3, -0.25) is 3.97 Å². The maximum atomic E-state index is 4.39. The molecule has 1 rings (SSSR count). The highest BCUT2D eigenvalue weighted by molar-refractivity contribution is 7.78. The molecule has 0 fully saturated rings. The molecule has 1 nitrogen and oxygen atoms in total. The van der Waals surface area contributed by atoms with E-state index in [4.69, 9.17) is 0 Å². The molecular weight excluding hydrogens is 178 g/mol. The minimum absolute atomic E-state index is 0.226. The van der Waals surface area contributed by atoms with Crippen LogP contribution in [0.2, 0.25) is 0 Å². The van der Waals surface area contributed by atoms with E-state index in [-0.39, 0.29) is 5.41 Å². The van der Waals surface area contributed by atoms with E-state index in [1.807, 2.05) is 3.97 Å². The molecule has 1 heterocycles. The molecule has 0 aromatic carbocycles. The molecule has 74 valence electrons. The second-order valence-electron chi connectivity index (χ2n) is 4.56. The molecule has 0 N–H and O–H groups in total. The van der Waals surface area contributed by atoms with Crippen LogP contribution in [0.3, 0.4) is 0 Å². The van der Waals surface area contributed by atoms with Gasteiger partial charge in [-0.15, -0.1) is 0 Å². The quantitative estimate of drug-likeness (QED) is 0.659. The monoisotopic (exact) mass is 197 g/mol. The molecule has 0 bridgehead atoms. The highest BCUT2D eigenvalue weighted by atomic mass is 32.1. The molecule has 0 aliphatic rings. The Morgan fingerprint density at radius 1 is 1.38 bits per heavy atom. The lowest BCUT2D eigenvalue weighted by atomic mass is 9.84. The molecule has 13 heavy (non-hydrogen) atoms. The van der Waals surface area contributed by atoms with Crippen LogP contribution in [0, 0.1) is 6.92 Å². The smallest absolute Gasteiger partial charge is 0.0299 e. The summed E-state index contributed by atoms with van der Waals surface area (Å²) in [7, 11) is 0. The molecule has 0 saturated heterocycles. The number of aromatic nitrogens is 1. The van der Waals surface area contributed by atoms with Crippen molar-refractivity contribution in [3.05, 3.63) is 23.0 Å². The van der Waals surface area contributed by atoms with Gasteiger partial charge in [0.2, 0.25) is 0 Å². The molecule has 0 amide bonds. The number of rotatable bonds is 1. The van der Waals surface area contributed by atoms with Crippen molar-refractivity contribution in [2.24, 2.45) is 0 Å². The Morgan fingerprint density at radius 3 is 2.23 bits per heavy atom. The molecule has 0 aliphatic heterocycles. The molecular formula is C11H19NS. The Morgan fingerprint density at radius 2 is 1.92 bits per heavy atom. The molecule has 0 unspecified atom stereocenters. The zero-order valence-electron chi connectivity index (χ0n) is 9.18. The Bertz CT molecular complexity index is 305. The standard InChI is InChI=1S/C11H19NS/c1-6-9-7-12(13)8(2)10(9)11(3,4)5/h7,13H,6H2,1-5H3. The minimum Gasteiger partial charge on any atom is -0.298 e. The summed E-state index contributed by atoms with van der Waals surface area (Å²) in [4.78, 5) is 0. The van der Waals surface area contributed by atoms with Gasteiger partial charge in [0, 0.05) is 11.9 Å². The first-order valence-corrected chi connectivity index (χ1v) is 5.18. The van der Waals surface area contributed by atoms with Crippen molar-refractivity contribution >= 4 is 12.8 Å². The number of hydrogen-bond acceptors (Lipinski definition) is 1. The Hall–Kier alpha value is -0.370. The molecule has 0 saturated carbocycles. The van der Waals surface area contributed by atoms with E-state index in [1.54, 1.807) is 0 Å². The summed E-state index contributed by atoms with van der Waals surface area (Å²) in [5, 5.41) is 0. The van der Waals surface area contributed by atoms with Crippen LogP contribution in [0.25, 0.3) is 0 Å². The van der Waals surface area contributed by atoms with Gasteiger partial charge in [0.15, 0.2) is 0 Å². The van der Waals surface area contributed by atoms with Crippen molar-refractivity contribution in [2.45, 2.75) is 46.5 Å². The van der Waals surface area contributed by atoms with Gasteiger partial charge in [-0.25, -0.2) is 0 Å². The van der Waals surface area contributed by atoms with E-state index < -0.39 is 0 Å². The third-order valence-corrected chi connectivity index (χ3v) is 2.85. The summed E-state index contributed by atoms with van der Waals surface area (Å²) in [5.74, 6) is 0. The lowest BCUT2D eigenvalue weighted by molar-refractivity contribution is 0.580. The number of aryl methyl sites for hydroxylation is 1. The highest BCUT2D eigenvalue weighted by Gasteiger charge is 2.22. The van der Waals surface area contributed by atoms with E-state index in [0.29, 0.717) is 0 Å². The normalized spacial score (nSPS) is 12.2. The van der Waals surface area contributed by atoms with Crippen LogP contribution in [-0.2, 0) is 11.8 Å². The first kappa shape index (κ1) is 10.7. The van der Waals surface area contributed by atoms with Crippen molar-refractivity contribution < 1.29 is 0 Å². The van der Waals surface area contributed by atoms with E-state index in [2.05, 4.69) is 53.6 Å². The topological polar surface area (TPSA) is 4.93 Å². The van der Waals surface area contributed by atoms with Gasteiger partial charge in [-0.1, -0.05) is 40.5 Å². The van der Waals surface area contributed by atoms with E-state index in [9.17, 15) is 0 Å². The molecule has 0 aliphatic carbocycles. The third-order valence-electron chi connectivity index (χ3n) is 2.44. The van der Waals surface area contributed by atoms with Crippen molar-refractivity contribution in [3.8, 4) is 0 Å². The average Bonchev–Trinajstić information content (AvgIpc) is 2.26. The predicted molar refractivity (Wildman–Crippen MR) is 61.6 cm³/mol. The summed E-state index contributed by atoms with van der Waals surface area (Å²) in [6, 6.07) is 0. The van der Waals surface area contributed by atoms with Crippen LogP contribution < -0.4 is 0 Å². The average molecular weight is 197 g/mol. The summed E-state index contributed by atoms with van der Waals surface area (Å²) in [5.41, 5.74) is 4.36. The largest absolute Gasteiger partial charge is 0.298 e. The van der Waals surface area contributed by atoms with Crippen LogP contribution in [0.15, 0.2) is 6.20 Å². The van der Waals surface area contributed by atoms with Crippen LogP contribution >= 0.6 is 12.8 Å². The first-order valence-electron chi connectivity index (χ1n) is 4.78. The predicted octanol–water partition coefficient (Wildman–Crippen LogP) is 3.35. The van der Waals surface area contributed by atoms with Gasteiger partial charge in [0.05, 0.1) is 0 Å². The molecule has 1 aromatic rings. The fraction of sp³-hybridized carbons (Fsp3) is 0.636. The van der Waals surface area contributed by atoms with E-state index in [0.717, 1.165) is 6.42 Å². The van der Waals surface area contributed by atoms with E-state index >= 15 is 0 Å². The van der Waals surface area contributed by atoms with Gasteiger partial charge in [0.25, 0.3) is 0 Å². The Labute approximate surface area is 86.7 Å². The highest BCUT2D eigenvalue weighted by Crippen LogP contribution is 2.31. The van der Waals surface area contributed by atoms with Gasteiger partial charge in [-0.2, -0.15) is 0 Å². The van der Waals surface area contributed by atoms with Gasteiger partial charge in [0.1, 0.15) is 0 Å². The molecule has 0 atom stereocenters. The molecule has 2 heteroatoms. The van der Waals surface area contributed by atoms with Gasteiger partial charge >= 0.3 is 0 Å². The maximum Gasteiger partial charge on any atom is 0.0299 e. The van der Waals surface area contributed by atoms with Crippen molar-refractivity contribution in [2.75, 3.05) is 0 Å². The van der Waals surface area contributed by atoms with Crippen LogP contribution in [-0.4, -0.2) is 3.97 Å². The number of hydrogen-bond donors (Lipinski definition) is 1. The first-order chi connectivity index (χ1) is 5.88. The fourth-order valence-electron chi connectivity index (χ4n) is 1.95. The van der Waals surface area contributed by atoms with Crippen LogP contribution in [0.1, 0.15) is 44.5 Å². The number of thiol groups is 1. The van der Waals surface area contributed by atoms with Crippen LogP contribution in [0.4, 0.5) is 0 Å². The summed E-state index contributed by atoms with van der Waals surface area (Å²) < 4.78 is 1.93. The Balaban J connectivity index is 3.33. The summed E-state index contributed by atoms with van der Waals surface area (Å²) in [6.45, 7) is 11.1. The van der Waals surface area contributed by atoms with Crippen molar-refractivity contribution in [1.29, 1.82) is 0 Å². The lowest BCUT2D eigenvalue weighted by Crippen LogP contribution is -2.14.